The summed E-state index contributed by atoms with van der Waals surface area (Å²) >= 11 is 0. The van der Waals surface area contributed by atoms with E-state index in [2.05, 4.69) is 17.2 Å². The van der Waals surface area contributed by atoms with E-state index in [0.717, 1.165) is 23.2 Å². The molecule has 0 bridgehead atoms. The van der Waals surface area contributed by atoms with Crippen molar-refractivity contribution in [3.63, 3.8) is 0 Å². The number of methoxy groups -OCH3 is 1. The lowest BCUT2D eigenvalue weighted by Crippen LogP contribution is -2.37. The van der Waals surface area contributed by atoms with Gasteiger partial charge in [0.2, 0.25) is 0 Å². The Morgan fingerprint density at radius 2 is 1.92 bits per heavy atom. The number of urea groups is 1. The first kappa shape index (κ1) is 18.9. The first-order chi connectivity index (χ1) is 12.1. The molecule has 25 heavy (non-hydrogen) atoms. The van der Waals surface area contributed by atoms with Crippen molar-refractivity contribution < 1.29 is 9.53 Å². The predicted octanol–water partition coefficient (Wildman–Crippen LogP) is 4.79. The SMILES string of the molecule is CC[C@@H](c1ccncc1)N(CC)C(=O)Nc1cccc([C@H](C)OC)c1. The summed E-state index contributed by atoms with van der Waals surface area (Å²) in [5, 5.41) is 3.01. The first-order valence-corrected chi connectivity index (χ1v) is 8.71. The van der Waals surface area contributed by atoms with Crippen molar-refractivity contribution in [2.45, 2.75) is 39.3 Å². The van der Waals surface area contributed by atoms with Crippen LogP contribution < -0.4 is 5.32 Å². The molecule has 0 unspecified atom stereocenters. The van der Waals surface area contributed by atoms with Crippen molar-refractivity contribution in [1.29, 1.82) is 0 Å². The molecule has 0 saturated carbocycles. The Bertz CT molecular complexity index is 676. The van der Waals surface area contributed by atoms with Crippen LogP contribution in [0.15, 0.2) is 48.8 Å². The molecule has 0 spiro atoms. The van der Waals surface area contributed by atoms with E-state index in [-0.39, 0.29) is 18.2 Å². The van der Waals surface area contributed by atoms with Gasteiger partial charge in [-0.1, -0.05) is 19.1 Å². The summed E-state index contributed by atoms with van der Waals surface area (Å²) in [5.41, 5.74) is 2.90. The maximum absolute atomic E-state index is 12.8. The lowest BCUT2D eigenvalue weighted by molar-refractivity contribution is 0.119. The number of hydrogen-bond acceptors (Lipinski definition) is 3. The third-order valence-electron chi connectivity index (χ3n) is 4.42. The molecule has 1 aromatic carbocycles. The standard InChI is InChI=1S/C20H27N3O2/c1-5-19(16-10-12-21-13-11-16)23(6-2)20(24)22-18-9-7-8-17(14-18)15(3)25-4/h7-15,19H,5-6H2,1-4H3,(H,22,24)/t15-,19-/m0/s1. The van der Waals surface area contributed by atoms with Gasteiger partial charge >= 0.3 is 6.03 Å². The van der Waals surface area contributed by atoms with Crippen molar-refractivity contribution in [1.82, 2.24) is 9.88 Å². The summed E-state index contributed by atoms with van der Waals surface area (Å²) in [6.45, 7) is 6.69. The lowest BCUT2D eigenvalue weighted by Gasteiger charge is -2.30. The highest BCUT2D eigenvalue weighted by molar-refractivity contribution is 5.89. The Labute approximate surface area is 150 Å². The molecule has 134 valence electrons. The Balaban J connectivity index is 2.17. The molecule has 5 heteroatoms. The molecule has 0 saturated heterocycles. The zero-order valence-electron chi connectivity index (χ0n) is 15.4. The van der Waals surface area contributed by atoms with Crippen molar-refractivity contribution in [3.05, 3.63) is 59.9 Å². The maximum Gasteiger partial charge on any atom is 0.322 e. The van der Waals surface area contributed by atoms with Gasteiger partial charge in [-0.25, -0.2) is 4.79 Å². The van der Waals surface area contributed by atoms with Gasteiger partial charge in [0, 0.05) is 31.7 Å². The molecule has 2 rings (SSSR count). The minimum atomic E-state index is -0.103. The largest absolute Gasteiger partial charge is 0.377 e. The van der Waals surface area contributed by atoms with Crippen LogP contribution in [-0.4, -0.2) is 29.6 Å². The molecule has 2 atom stereocenters. The highest BCUT2D eigenvalue weighted by atomic mass is 16.5. The molecule has 0 aliphatic rings. The average Bonchev–Trinajstić information content (AvgIpc) is 2.66. The second-order valence-electron chi connectivity index (χ2n) is 5.92. The molecular formula is C20H27N3O2. The second kappa shape index (κ2) is 9.18. The summed E-state index contributed by atoms with van der Waals surface area (Å²) in [6, 6.07) is 11.6. The van der Waals surface area contributed by atoms with Crippen molar-refractivity contribution in [2.75, 3.05) is 19.0 Å². The summed E-state index contributed by atoms with van der Waals surface area (Å²) in [7, 11) is 1.68. The molecular weight excluding hydrogens is 314 g/mol. The summed E-state index contributed by atoms with van der Waals surface area (Å²) in [4.78, 5) is 18.7. The minimum absolute atomic E-state index is 0.0145. The number of hydrogen-bond donors (Lipinski definition) is 1. The number of anilines is 1. The number of nitrogens with zero attached hydrogens (tertiary/aromatic N) is 2. The van der Waals surface area contributed by atoms with Gasteiger partial charge in [-0.2, -0.15) is 0 Å². The van der Waals surface area contributed by atoms with Gasteiger partial charge in [-0.05, 0) is 55.7 Å². The lowest BCUT2D eigenvalue weighted by atomic mass is 10.0. The first-order valence-electron chi connectivity index (χ1n) is 8.71. The van der Waals surface area contributed by atoms with E-state index in [1.165, 1.54) is 0 Å². The van der Waals surface area contributed by atoms with E-state index < -0.39 is 0 Å². The van der Waals surface area contributed by atoms with Gasteiger partial charge in [0.25, 0.3) is 0 Å². The summed E-state index contributed by atoms with van der Waals surface area (Å²) in [6.07, 6.45) is 4.35. The number of rotatable bonds is 7. The quantitative estimate of drug-likeness (QED) is 0.787. The fourth-order valence-corrected chi connectivity index (χ4v) is 2.93. The number of amides is 2. The molecule has 5 nitrogen and oxygen atoms in total. The van der Waals surface area contributed by atoms with Gasteiger partial charge in [0.1, 0.15) is 0 Å². The Kier molecular flexibility index (Phi) is 6.95. The van der Waals surface area contributed by atoms with E-state index in [4.69, 9.17) is 4.74 Å². The summed E-state index contributed by atoms with van der Waals surface area (Å²) < 4.78 is 5.35. The number of nitrogens with one attached hydrogen (secondary N) is 1. The number of benzene rings is 1. The Hall–Kier alpha value is -2.40. The molecule has 1 aromatic heterocycles. The number of aromatic nitrogens is 1. The predicted molar refractivity (Wildman–Crippen MR) is 101 cm³/mol. The highest BCUT2D eigenvalue weighted by Gasteiger charge is 2.22. The zero-order chi connectivity index (χ0) is 18.2. The number of carbonyl (C=O) groups is 1. The van der Waals surface area contributed by atoms with Crippen LogP contribution in [0.4, 0.5) is 10.5 Å². The fourth-order valence-electron chi connectivity index (χ4n) is 2.93. The van der Waals surface area contributed by atoms with E-state index in [1.54, 1.807) is 19.5 Å². The molecule has 0 radical (unpaired) electrons. The molecule has 0 aliphatic heterocycles. The molecule has 2 aromatic rings. The van der Waals surface area contributed by atoms with Gasteiger partial charge in [0.15, 0.2) is 0 Å². The van der Waals surface area contributed by atoms with Gasteiger partial charge in [-0.3, -0.25) is 4.98 Å². The highest BCUT2D eigenvalue weighted by Crippen LogP contribution is 2.25. The molecule has 1 N–H and O–H groups in total. The second-order valence-corrected chi connectivity index (χ2v) is 5.92. The van der Waals surface area contributed by atoms with Crippen LogP contribution in [0, 0.1) is 0 Å². The average molecular weight is 341 g/mol. The fraction of sp³-hybridized carbons (Fsp3) is 0.400. The monoisotopic (exact) mass is 341 g/mol. The van der Waals surface area contributed by atoms with Crippen LogP contribution in [0.1, 0.15) is 50.5 Å². The Morgan fingerprint density at radius 1 is 1.20 bits per heavy atom. The molecule has 1 heterocycles. The van der Waals surface area contributed by atoms with Gasteiger partial charge < -0.3 is 15.0 Å². The van der Waals surface area contributed by atoms with E-state index >= 15 is 0 Å². The molecule has 2 amide bonds. The van der Waals surface area contributed by atoms with Gasteiger partial charge in [-0.15, -0.1) is 0 Å². The van der Waals surface area contributed by atoms with Crippen LogP contribution in [0.2, 0.25) is 0 Å². The normalized spacial score (nSPS) is 13.1. The van der Waals surface area contributed by atoms with E-state index in [9.17, 15) is 4.79 Å². The van der Waals surface area contributed by atoms with Crippen molar-refractivity contribution in [3.8, 4) is 0 Å². The third kappa shape index (κ3) is 4.79. The third-order valence-corrected chi connectivity index (χ3v) is 4.42. The minimum Gasteiger partial charge on any atom is -0.377 e. The smallest absolute Gasteiger partial charge is 0.322 e. The van der Waals surface area contributed by atoms with Crippen LogP contribution >= 0.6 is 0 Å². The van der Waals surface area contributed by atoms with Gasteiger partial charge in [0.05, 0.1) is 12.1 Å². The molecule has 0 fully saturated rings. The number of pyridine rings is 1. The Morgan fingerprint density at radius 3 is 2.52 bits per heavy atom. The maximum atomic E-state index is 12.8. The van der Waals surface area contributed by atoms with E-state index in [1.807, 2.05) is 55.1 Å². The van der Waals surface area contributed by atoms with Crippen LogP contribution in [0.3, 0.4) is 0 Å². The number of carbonyl (C=O) groups excluding carboxylic acids is 1. The number of ether oxygens (including phenoxy) is 1. The topological polar surface area (TPSA) is 54.5 Å². The van der Waals surface area contributed by atoms with E-state index in [0.29, 0.717) is 6.54 Å². The van der Waals surface area contributed by atoms with Crippen LogP contribution in [-0.2, 0) is 4.74 Å². The van der Waals surface area contributed by atoms with Crippen LogP contribution in [0.5, 0.6) is 0 Å². The van der Waals surface area contributed by atoms with Crippen LogP contribution in [0.25, 0.3) is 0 Å². The van der Waals surface area contributed by atoms with Crippen molar-refractivity contribution in [2.24, 2.45) is 0 Å². The van der Waals surface area contributed by atoms with Crippen molar-refractivity contribution >= 4 is 11.7 Å². The zero-order valence-corrected chi connectivity index (χ0v) is 15.4. The summed E-state index contributed by atoms with van der Waals surface area (Å²) in [5.74, 6) is 0. The molecule has 0 aliphatic carbocycles.